The normalized spacial score (nSPS) is 11.1. The van der Waals surface area contributed by atoms with Crippen molar-refractivity contribution in [3.05, 3.63) is 33.9 Å². The second-order valence-corrected chi connectivity index (χ2v) is 5.62. The van der Waals surface area contributed by atoms with Crippen LogP contribution in [0.25, 0.3) is 0 Å². The second-order valence-electron chi connectivity index (χ2n) is 5.62. The second kappa shape index (κ2) is 8.62. The van der Waals surface area contributed by atoms with Crippen LogP contribution in [0.4, 0.5) is 11.4 Å². The Bertz CT molecular complexity index is 461. The van der Waals surface area contributed by atoms with Crippen molar-refractivity contribution >= 4 is 11.4 Å². The van der Waals surface area contributed by atoms with Crippen LogP contribution in [-0.4, -0.2) is 29.5 Å². The Kier molecular flexibility index (Phi) is 7.15. The molecule has 0 saturated heterocycles. The average Bonchev–Trinajstić information content (AvgIpc) is 2.45. The van der Waals surface area contributed by atoms with Crippen LogP contribution >= 0.6 is 0 Å². The quantitative estimate of drug-likeness (QED) is 0.424. The molecule has 0 unspecified atom stereocenters. The first-order valence-corrected chi connectivity index (χ1v) is 7.68. The van der Waals surface area contributed by atoms with Gasteiger partial charge in [0.15, 0.2) is 0 Å². The minimum absolute atomic E-state index is 0.154. The Balaban J connectivity index is 2.90. The van der Waals surface area contributed by atoms with Crippen molar-refractivity contribution in [2.45, 2.75) is 52.6 Å². The molecule has 1 rings (SSSR count). The van der Waals surface area contributed by atoms with Gasteiger partial charge in [-0.15, -0.1) is 0 Å². The Morgan fingerprint density at radius 2 is 2.05 bits per heavy atom. The van der Waals surface area contributed by atoms with Crippen molar-refractivity contribution < 1.29 is 4.92 Å². The molecule has 5 nitrogen and oxygen atoms in total. The fraction of sp³-hybridized carbons (Fsp3) is 0.625. The molecule has 1 N–H and O–H groups in total. The number of hydrogen-bond donors (Lipinski definition) is 1. The summed E-state index contributed by atoms with van der Waals surface area (Å²) in [6.07, 6.45) is 3.58. The maximum absolute atomic E-state index is 11.0. The maximum Gasteiger partial charge on any atom is 0.269 e. The van der Waals surface area contributed by atoms with Crippen molar-refractivity contribution in [3.8, 4) is 0 Å². The molecule has 0 amide bonds. The molecule has 0 bridgehead atoms. The lowest BCUT2D eigenvalue weighted by Gasteiger charge is -2.27. The van der Waals surface area contributed by atoms with Gasteiger partial charge in [0.1, 0.15) is 0 Å². The van der Waals surface area contributed by atoms with Crippen LogP contribution in [0, 0.1) is 10.1 Å². The summed E-state index contributed by atoms with van der Waals surface area (Å²) in [5.74, 6) is 0. The van der Waals surface area contributed by atoms with E-state index in [1.165, 1.54) is 19.3 Å². The molecule has 0 spiro atoms. The highest BCUT2D eigenvalue weighted by Gasteiger charge is 2.15. The van der Waals surface area contributed by atoms with Crippen LogP contribution in [0.1, 0.15) is 45.6 Å². The average molecular weight is 293 g/mol. The SMILES string of the molecule is CCCCCN(Cc1cc([N+](=O)[O-])ccc1NC)C(C)C. The van der Waals surface area contributed by atoms with Gasteiger partial charge in [0.25, 0.3) is 5.69 Å². The van der Waals surface area contributed by atoms with Crippen LogP contribution in [0.2, 0.25) is 0 Å². The summed E-state index contributed by atoms with van der Waals surface area (Å²) in [5.41, 5.74) is 2.10. The van der Waals surface area contributed by atoms with Gasteiger partial charge < -0.3 is 5.32 Å². The van der Waals surface area contributed by atoms with Gasteiger partial charge in [0.05, 0.1) is 4.92 Å². The third-order valence-electron chi connectivity index (χ3n) is 3.72. The fourth-order valence-corrected chi connectivity index (χ4v) is 2.37. The van der Waals surface area contributed by atoms with Crippen LogP contribution in [0.3, 0.4) is 0 Å². The van der Waals surface area contributed by atoms with Gasteiger partial charge in [-0.1, -0.05) is 19.8 Å². The molecule has 1 aromatic rings. The summed E-state index contributed by atoms with van der Waals surface area (Å²) in [6.45, 7) is 8.29. The smallest absolute Gasteiger partial charge is 0.269 e. The number of benzene rings is 1. The number of non-ortho nitro benzene ring substituents is 1. The first kappa shape index (κ1) is 17.4. The summed E-state index contributed by atoms with van der Waals surface area (Å²) in [4.78, 5) is 13.0. The monoisotopic (exact) mass is 293 g/mol. The highest BCUT2D eigenvalue weighted by atomic mass is 16.6. The summed E-state index contributed by atoms with van der Waals surface area (Å²) in [6, 6.07) is 5.44. The molecule has 0 aliphatic carbocycles. The predicted molar refractivity (Wildman–Crippen MR) is 87.7 cm³/mol. The summed E-state index contributed by atoms with van der Waals surface area (Å²) in [7, 11) is 1.85. The zero-order valence-corrected chi connectivity index (χ0v) is 13.6. The Morgan fingerprint density at radius 3 is 2.57 bits per heavy atom. The Hall–Kier alpha value is -1.62. The number of unbranched alkanes of at least 4 members (excludes halogenated alkanes) is 2. The summed E-state index contributed by atoms with van der Waals surface area (Å²) < 4.78 is 0. The molecular weight excluding hydrogens is 266 g/mol. The third kappa shape index (κ3) is 5.34. The van der Waals surface area contributed by atoms with E-state index in [4.69, 9.17) is 0 Å². The van der Waals surface area contributed by atoms with Crippen molar-refractivity contribution in [1.29, 1.82) is 0 Å². The molecule has 118 valence electrons. The van der Waals surface area contributed by atoms with Gasteiger partial charge in [-0.25, -0.2) is 0 Å². The predicted octanol–water partition coefficient (Wildman–Crippen LogP) is 4.04. The van der Waals surface area contributed by atoms with Crippen LogP contribution in [0.15, 0.2) is 18.2 Å². The van der Waals surface area contributed by atoms with E-state index in [1.807, 2.05) is 7.05 Å². The molecular formula is C16H27N3O2. The molecule has 5 heteroatoms. The molecule has 0 aliphatic rings. The summed E-state index contributed by atoms with van der Waals surface area (Å²) in [5, 5.41) is 14.1. The lowest BCUT2D eigenvalue weighted by molar-refractivity contribution is -0.384. The third-order valence-corrected chi connectivity index (χ3v) is 3.72. The zero-order chi connectivity index (χ0) is 15.8. The van der Waals surface area contributed by atoms with E-state index >= 15 is 0 Å². The molecule has 21 heavy (non-hydrogen) atoms. The van der Waals surface area contributed by atoms with E-state index in [1.54, 1.807) is 18.2 Å². The van der Waals surface area contributed by atoms with Crippen molar-refractivity contribution in [1.82, 2.24) is 4.90 Å². The molecule has 0 heterocycles. The van der Waals surface area contributed by atoms with Crippen molar-refractivity contribution in [2.24, 2.45) is 0 Å². The van der Waals surface area contributed by atoms with E-state index in [0.717, 1.165) is 24.3 Å². The lowest BCUT2D eigenvalue weighted by atomic mass is 10.1. The van der Waals surface area contributed by atoms with Gasteiger partial charge in [-0.05, 0) is 38.4 Å². The first-order valence-electron chi connectivity index (χ1n) is 7.68. The van der Waals surface area contributed by atoms with Crippen LogP contribution < -0.4 is 5.32 Å². The topological polar surface area (TPSA) is 58.4 Å². The van der Waals surface area contributed by atoms with E-state index in [9.17, 15) is 10.1 Å². The van der Waals surface area contributed by atoms with E-state index in [2.05, 4.69) is 31.0 Å². The maximum atomic E-state index is 11.0. The first-order chi connectivity index (χ1) is 9.99. The zero-order valence-electron chi connectivity index (χ0n) is 13.6. The van der Waals surface area contributed by atoms with Gasteiger partial charge in [-0.3, -0.25) is 15.0 Å². The molecule has 0 atom stereocenters. The standard InChI is InChI=1S/C16H27N3O2/c1-5-6-7-10-18(13(2)3)12-14-11-15(19(20)21)8-9-16(14)17-4/h8-9,11,13,17H,5-7,10,12H2,1-4H3. The van der Waals surface area contributed by atoms with Crippen molar-refractivity contribution in [2.75, 3.05) is 18.9 Å². The highest BCUT2D eigenvalue weighted by Crippen LogP contribution is 2.24. The number of rotatable bonds is 9. The van der Waals surface area contributed by atoms with Gasteiger partial charge >= 0.3 is 0 Å². The molecule has 0 aromatic heterocycles. The fourth-order valence-electron chi connectivity index (χ4n) is 2.37. The lowest BCUT2D eigenvalue weighted by Crippen LogP contribution is -2.31. The van der Waals surface area contributed by atoms with Crippen LogP contribution in [-0.2, 0) is 6.54 Å². The molecule has 0 fully saturated rings. The number of nitrogens with zero attached hydrogens (tertiary/aromatic N) is 2. The van der Waals surface area contributed by atoms with Gasteiger partial charge in [0.2, 0.25) is 0 Å². The van der Waals surface area contributed by atoms with Crippen LogP contribution in [0.5, 0.6) is 0 Å². The Labute approximate surface area is 127 Å². The van der Waals surface area contributed by atoms with E-state index in [0.29, 0.717) is 6.04 Å². The van der Waals surface area contributed by atoms with Crippen molar-refractivity contribution in [3.63, 3.8) is 0 Å². The number of hydrogen-bond acceptors (Lipinski definition) is 4. The molecule has 0 aliphatic heterocycles. The van der Waals surface area contributed by atoms with Gasteiger partial charge in [-0.2, -0.15) is 0 Å². The van der Waals surface area contributed by atoms with E-state index < -0.39 is 0 Å². The number of nitrogens with one attached hydrogen (secondary N) is 1. The minimum atomic E-state index is -0.334. The number of anilines is 1. The molecule has 0 radical (unpaired) electrons. The molecule has 1 aromatic carbocycles. The molecule has 0 saturated carbocycles. The minimum Gasteiger partial charge on any atom is -0.388 e. The Morgan fingerprint density at radius 1 is 1.33 bits per heavy atom. The summed E-state index contributed by atoms with van der Waals surface area (Å²) >= 11 is 0. The number of nitro benzene ring substituents is 1. The largest absolute Gasteiger partial charge is 0.388 e. The van der Waals surface area contributed by atoms with Gasteiger partial charge in [0, 0.05) is 37.5 Å². The van der Waals surface area contributed by atoms with E-state index in [-0.39, 0.29) is 10.6 Å². The highest BCUT2D eigenvalue weighted by molar-refractivity contribution is 5.55. The number of nitro groups is 1.